The third-order valence-corrected chi connectivity index (χ3v) is 5.58. The van der Waals surface area contributed by atoms with E-state index in [0.717, 1.165) is 0 Å². The van der Waals surface area contributed by atoms with Crippen LogP contribution in [-0.4, -0.2) is 27.5 Å². The summed E-state index contributed by atoms with van der Waals surface area (Å²) in [6.45, 7) is 3.89. The van der Waals surface area contributed by atoms with Crippen molar-refractivity contribution >= 4 is 33.3 Å². The molecule has 0 aliphatic carbocycles. The molecule has 2 rings (SSSR count). The van der Waals surface area contributed by atoms with Crippen LogP contribution in [-0.2, 0) is 14.8 Å². The maximum absolute atomic E-state index is 12.8. The van der Waals surface area contributed by atoms with Crippen LogP contribution in [0.4, 0.5) is 5.69 Å². The number of hydrogen-bond donors (Lipinski definition) is 0. The standard InChI is InChI=1S/C17H18ClNO4S/c1-3-19(24(21,22)14-8-6-5-7-9-14)13-10-11-15(16(18)12-13)17(20)23-4-2/h5-12H,3-4H2,1-2H3. The Hall–Kier alpha value is -2.05. The fourth-order valence-corrected chi connectivity index (χ4v) is 3.98. The van der Waals surface area contributed by atoms with E-state index >= 15 is 0 Å². The van der Waals surface area contributed by atoms with E-state index in [9.17, 15) is 13.2 Å². The first-order chi connectivity index (χ1) is 11.4. The summed E-state index contributed by atoms with van der Waals surface area (Å²) in [4.78, 5) is 12.0. The van der Waals surface area contributed by atoms with Crippen LogP contribution in [0.5, 0.6) is 0 Å². The van der Waals surface area contributed by atoms with Gasteiger partial charge in [0.25, 0.3) is 10.0 Å². The maximum atomic E-state index is 12.8. The highest BCUT2D eigenvalue weighted by molar-refractivity contribution is 7.92. The predicted molar refractivity (Wildman–Crippen MR) is 94.1 cm³/mol. The van der Waals surface area contributed by atoms with E-state index in [1.165, 1.54) is 28.6 Å². The highest BCUT2D eigenvalue weighted by Crippen LogP contribution is 2.28. The van der Waals surface area contributed by atoms with Crippen molar-refractivity contribution in [3.8, 4) is 0 Å². The Balaban J connectivity index is 2.42. The molecule has 0 atom stereocenters. The van der Waals surface area contributed by atoms with Gasteiger partial charge in [-0.2, -0.15) is 0 Å². The van der Waals surface area contributed by atoms with Gasteiger partial charge in [-0.25, -0.2) is 13.2 Å². The quantitative estimate of drug-likeness (QED) is 0.730. The topological polar surface area (TPSA) is 63.7 Å². The van der Waals surface area contributed by atoms with Gasteiger partial charge in [0.05, 0.1) is 27.8 Å². The number of sulfonamides is 1. The van der Waals surface area contributed by atoms with Crippen LogP contribution in [0.2, 0.25) is 5.02 Å². The molecule has 2 aromatic carbocycles. The Morgan fingerprint density at radius 2 is 1.79 bits per heavy atom. The molecule has 0 saturated carbocycles. The Morgan fingerprint density at radius 1 is 1.12 bits per heavy atom. The number of anilines is 1. The van der Waals surface area contributed by atoms with Crippen LogP contribution in [0.1, 0.15) is 24.2 Å². The van der Waals surface area contributed by atoms with Gasteiger partial charge in [0, 0.05) is 6.54 Å². The van der Waals surface area contributed by atoms with Gasteiger partial charge in [-0.05, 0) is 44.2 Å². The SMILES string of the molecule is CCOC(=O)c1ccc(N(CC)S(=O)(=O)c2ccccc2)cc1Cl. The van der Waals surface area contributed by atoms with Gasteiger partial charge < -0.3 is 4.74 Å². The molecule has 128 valence electrons. The van der Waals surface area contributed by atoms with Crippen molar-refractivity contribution in [1.82, 2.24) is 0 Å². The van der Waals surface area contributed by atoms with Crippen LogP contribution in [0, 0.1) is 0 Å². The van der Waals surface area contributed by atoms with Gasteiger partial charge in [-0.1, -0.05) is 29.8 Å². The molecule has 0 bridgehead atoms. The third-order valence-electron chi connectivity index (χ3n) is 3.35. The van der Waals surface area contributed by atoms with Crippen molar-refractivity contribution in [2.75, 3.05) is 17.5 Å². The fourth-order valence-electron chi connectivity index (χ4n) is 2.24. The number of carbonyl (C=O) groups is 1. The molecule has 0 unspecified atom stereocenters. The van der Waals surface area contributed by atoms with Gasteiger partial charge in [0.1, 0.15) is 0 Å². The Morgan fingerprint density at radius 3 is 2.33 bits per heavy atom. The molecule has 0 aromatic heterocycles. The minimum atomic E-state index is -3.71. The summed E-state index contributed by atoms with van der Waals surface area (Å²) < 4.78 is 31.7. The van der Waals surface area contributed by atoms with Gasteiger partial charge in [0.2, 0.25) is 0 Å². The molecule has 24 heavy (non-hydrogen) atoms. The summed E-state index contributed by atoms with van der Waals surface area (Å²) in [6, 6.07) is 12.6. The average Bonchev–Trinajstić information content (AvgIpc) is 2.56. The molecule has 2 aromatic rings. The number of rotatable bonds is 6. The highest BCUT2D eigenvalue weighted by atomic mass is 35.5. The van der Waals surface area contributed by atoms with Crippen LogP contribution >= 0.6 is 11.6 Å². The molecule has 0 spiro atoms. The van der Waals surface area contributed by atoms with Gasteiger partial charge >= 0.3 is 5.97 Å². The van der Waals surface area contributed by atoms with Crippen molar-refractivity contribution in [2.24, 2.45) is 0 Å². The van der Waals surface area contributed by atoms with Crippen LogP contribution in [0.25, 0.3) is 0 Å². The zero-order valence-corrected chi connectivity index (χ0v) is 15.0. The zero-order valence-electron chi connectivity index (χ0n) is 13.4. The van der Waals surface area contributed by atoms with Crippen LogP contribution < -0.4 is 4.31 Å². The predicted octanol–water partition coefficient (Wildman–Crippen LogP) is 3.73. The summed E-state index contributed by atoms with van der Waals surface area (Å²) in [5.74, 6) is -0.539. The number of halogens is 1. The van der Waals surface area contributed by atoms with Crippen LogP contribution in [0.3, 0.4) is 0 Å². The van der Waals surface area contributed by atoms with Crippen molar-refractivity contribution in [3.05, 3.63) is 59.1 Å². The maximum Gasteiger partial charge on any atom is 0.339 e. The molecule has 5 nitrogen and oxygen atoms in total. The van der Waals surface area contributed by atoms with Crippen molar-refractivity contribution < 1.29 is 17.9 Å². The second kappa shape index (κ2) is 7.68. The number of esters is 1. The largest absolute Gasteiger partial charge is 0.462 e. The molecule has 7 heteroatoms. The Bertz CT molecular complexity index is 822. The summed E-state index contributed by atoms with van der Waals surface area (Å²) >= 11 is 6.13. The summed E-state index contributed by atoms with van der Waals surface area (Å²) in [6.07, 6.45) is 0. The number of ether oxygens (including phenoxy) is 1. The summed E-state index contributed by atoms with van der Waals surface area (Å²) in [5, 5.41) is 0.146. The van der Waals surface area contributed by atoms with E-state index in [1.54, 1.807) is 38.1 Å². The molecule has 0 aliphatic rings. The van der Waals surface area contributed by atoms with E-state index in [4.69, 9.17) is 16.3 Å². The second-order valence-electron chi connectivity index (χ2n) is 4.87. The normalized spacial score (nSPS) is 11.1. The fraction of sp³-hybridized carbons (Fsp3) is 0.235. The van der Waals surface area contributed by atoms with Crippen LogP contribution in [0.15, 0.2) is 53.4 Å². The lowest BCUT2D eigenvalue weighted by Crippen LogP contribution is -2.30. The molecule has 0 heterocycles. The number of nitrogens with zero attached hydrogens (tertiary/aromatic N) is 1. The number of carbonyl (C=O) groups excluding carboxylic acids is 1. The van der Waals surface area contributed by atoms with E-state index in [1.807, 2.05) is 0 Å². The minimum absolute atomic E-state index is 0.146. The van der Waals surface area contributed by atoms with E-state index in [-0.39, 0.29) is 28.6 Å². The second-order valence-corrected chi connectivity index (χ2v) is 7.14. The molecule has 0 fully saturated rings. The third kappa shape index (κ3) is 3.71. The lowest BCUT2D eigenvalue weighted by atomic mass is 10.2. The van der Waals surface area contributed by atoms with E-state index < -0.39 is 16.0 Å². The lowest BCUT2D eigenvalue weighted by Gasteiger charge is -2.23. The molecule has 0 amide bonds. The monoisotopic (exact) mass is 367 g/mol. The zero-order chi connectivity index (χ0) is 17.7. The van der Waals surface area contributed by atoms with E-state index in [2.05, 4.69) is 0 Å². The Labute approximate surface area is 146 Å². The Kier molecular flexibility index (Phi) is 5.85. The summed E-state index contributed by atoms with van der Waals surface area (Å²) in [5.41, 5.74) is 0.592. The van der Waals surface area contributed by atoms with Gasteiger partial charge in [0.15, 0.2) is 0 Å². The molecular weight excluding hydrogens is 350 g/mol. The molecule has 0 N–H and O–H groups in total. The molecule has 0 radical (unpaired) electrons. The van der Waals surface area contributed by atoms with E-state index in [0.29, 0.717) is 5.69 Å². The molecular formula is C17H18ClNO4S. The van der Waals surface area contributed by atoms with Crippen molar-refractivity contribution in [1.29, 1.82) is 0 Å². The minimum Gasteiger partial charge on any atom is -0.462 e. The number of hydrogen-bond acceptors (Lipinski definition) is 4. The summed E-state index contributed by atoms with van der Waals surface area (Å²) in [7, 11) is -3.71. The van der Waals surface area contributed by atoms with Gasteiger partial charge in [-0.3, -0.25) is 4.31 Å². The van der Waals surface area contributed by atoms with Crippen molar-refractivity contribution in [2.45, 2.75) is 18.7 Å². The average molecular weight is 368 g/mol. The first kappa shape index (κ1) is 18.3. The smallest absolute Gasteiger partial charge is 0.339 e. The van der Waals surface area contributed by atoms with Crippen molar-refractivity contribution in [3.63, 3.8) is 0 Å². The highest BCUT2D eigenvalue weighted by Gasteiger charge is 2.24. The molecule has 0 saturated heterocycles. The van der Waals surface area contributed by atoms with Gasteiger partial charge in [-0.15, -0.1) is 0 Å². The lowest BCUT2D eigenvalue weighted by molar-refractivity contribution is 0.0526. The first-order valence-electron chi connectivity index (χ1n) is 7.46. The molecule has 0 aliphatic heterocycles. The first-order valence-corrected chi connectivity index (χ1v) is 9.28. The number of benzene rings is 2.